The highest BCUT2D eigenvalue weighted by atomic mass is 16.4. The van der Waals surface area contributed by atoms with Gasteiger partial charge >= 0.3 is 5.97 Å². The van der Waals surface area contributed by atoms with E-state index in [9.17, 15) is 14.4 Å². The minimum absolute atomic E-state index is 0.0911. The fourth-order valence-electron chi connectivity index (χ4n) is 2.21. The van der Waals surface area contributed by atoms with Crippen LogP contribution in [0.3, 0.4) is 0 Å². The van der Waals surface area contributed by atoms with Gasteiger partial charge in [0.1, 0.15) is 11.6 Å². The van der Waals surface area contributed by atoms with Crippen molar-refractivity contribution in [3.05, 3.63) is 23.8 Å². The predicted octanol–water partition coefficient (Wildman–Crippen LogP) is 0.107. The van der Waals surface area contributed by atoms with Crippen LogP contribution in [0.1, 0.15) is 29.2 Å². The quantitative estimate of drug-likeness (QED) is 0.751. The van der Waals surface area contributed by atoms with Gasteiger partial charge in [-0.3, -0.25) is 14.9 Å². The number of benzene rings is 1. The monoisotopic (exact) mass is 274 g/mol. The summed E-state index contributed by atoms with van der Waals surface area (Å²) < 4.78 is 1.36. The van der Waals surface area contributed by atoms with Crippen molar-refractivity contribution in [3.63, 3.8) is 0 Å². The van der Waals surface area contributed by atoms with E-state index in [4.69, 9.17) is 5.11 Å². The zero-order valence-corrected chi connectivity index (χ0v) is 10.2. The van der Waals surface area contributed by atoms with Gasteiger partial charge in [0.2, 0.25) is 5.91 Å². The Bertz CT molecular complexity index is 736. The molecule has 1 fully saturated rings. The Hall–Kier alpha value is -2.77. The summed E-state index contributed by atoms with van der Waals surface area (Å²) in [7, 11) is 0. The number of hydrogen-bond donors (Lipinski definition) is 2. The molecule has 8 nitrogen and oxygen atoms in total. The molecule has 102 valence electrons. The van der Waals surface area contributed by atoms with Gasteiger partial charge in [-0.1, -0.05) is 5.21 Å². The normalized spacial score (nSPS) is 19.1. The van der Waals surface area contributed by atoms with E-state index in [2.05, 4.69) is 15.6 Å². The molecule has 2 amide bonds. The summed E-state index contributed by atoms with van der Waals surface area (Å²) in [6.07, 6.45) is 0.538. The first kappa shape index (κ1) is 12.3. The second-order valence-corrected chi connectivity index (χ2v) is 4.51. The summed E-state index contributed by atoms with van der Waals surface area (Å²) in [5.74, 6) is -1.83. The van der Waals surface area contributed by atoms with Crippen LogP contribution >= 0.6 is 0 Å². The number of amides is 2. The van der Waals surface area contributed by atoms with Crippen LogP contribution in [0.2, 0.25) is 0 Å². The van der Waals surface area contributed by atoms with Gasteiger partial charge in [0.15, 0.2) is 0 Å². The standard InChI is InChI=1S/C12H10N4O4/c17-10-4-3-8(11(18)13-10)16-9-5-6(12(19)20)1-2-7(9)14-15-16/h1-2,5,8H,3-4H2,(H,19,20)(H,13,17,18). The second kappa shape index (κ2) is 4.41. The van der Waals surface area contributed by atoms with E-state index >= 15 is 0 Å². The molecule has 1 saturated heterocycles. The lowest BCUT2D eigenvalue weighted by Gasteiger charge is -2.21. The molecule has 1 unspecified atom stereocenters. The molecule has 0 bridgehead atoms. The Morgan fingerprint density at radius 1 is 1.40 bits per heavy atom. The molecule has 2 N–H and O–H groups in total. The van der Waals surface area contributed by atoms with Crippen molar-refractivity contribution in [1.82, 2.24) is 20.3 Å². The number of nitrogens with one attached hydrogen (secondary N) is 1. The van der Waals surface area contributed by atoms with Crippen molar-refractivity contribution in [2.24, 2.45) is 0 Å². The van der Waals surface area contributed by atoms with Crippen molar-refractivity contribution in [3.8, 4) is 0 Å². The summed E-state index contributed by atoms with van der Waals surface area (Å²) in [5.41, 5.74) is 1.05. The third-order valence-corrected chi connectivity index (χ3v) is 3.22. The molecule has 1 aromatic carbocycles. The van der Waals surface area contributed by atoms with E-state index < -0.39 is 17.9 Å². The van der Waals surface area contributed by atoms with Gasteiger partial charge in [0, 0.05) is 6.42 Å². The molecule has 0 saturated carbocycles. The molecule has 20 heavy (non-hydrogen) atoms. The molecular formula is C12H10N4O4. The minimum Gasteiger partial charge on any atom is -0.478 e. The van der Waals surface area contributed by atoms with Crippen LogP contribution in [0.5, 0.6) is 0 Å². The van der Waals surface area contributed by atoms with Crippen molar-refractivity contribution >= 4 is 28.8 Å². The first-order valence-electron chi connectivity index (χ1n) is 5.98. The van der Waals surface area contributed by atoms with E-state index in [1.54, 1.807) is 0 Å². The fraction of sp³-hybridized carbons (Fsp3) is 0.250. The zero-order chi connectivity index (χ0) is 14.3. The van der Waals surface area contributed by atoms with Gasteiger partial charge in [0.25, 0.3) is 5.91 Å². The number of carboxylic acids is 1. The highest BCUT2D eigenvalue weighted by Crippen LogP contribution is 2.23. The third kappa shape index (κ3) is 1.91. The molecule has 2 aromatic rings. The van der Waals surface area contributed by atoms with Gasteiger partial charge in [0.05, 0.1) is 11.1 Å². The van der Waals surface area contributed by atoms with Gasteiger partial charge < -0.3 is 5.11 Å². The minimum atomic E-state index is -1.07. The van der Waals surface area contributed by atoms with E-state index in [0.717, 1.165) is 0 Å². The maximum Gasteiger partial charge on any atom is 0.335 e. The SMILES string of the molecule is O=C1CCC(n2nnc3ccc(C(=O)O)cc32)C(=O)N1. The van der Waals surface area contributed by atoms with Crippen LogP contribution in [0, 0.1) is 0 Å². The lowest BCUT2D eigenvalue weighted by atomic mass is 10.1. The Morgan fingerprint density at radius 3 is 2.90 bits per heavy atom. The van der Waals surface area contributed by atoms with Crippen LogP contribution in [0.25, 0.3) is 11.0 Å². The third-order valence-electron chi connectivity index (χ3n) is 3.22. The van der Waals surface area contributed by atoms with Crippen LogP contribution in [0.4, 0.5) is 0 Å². The van der Waals surface area contributed by atoms with Crippen molar-refractivity contribution in [2.45, 2.75) is 18.9 Å². The van der Waals surface area contributed by atoms with Crippen LogP contribution in [-0.2, 0) is 9.59 Å². The lowest BCUT2D eigenvalue weighted by molar-refractivity contribution is -0.135. The molecule has 1 atom stereocenters. The molecule has 0 aliphatic carbocycles. The van der Waals surface area contributed by atoms with Crippen LogP contribution in [0.15, 0.2) is 18.2 Å². The van der Waals surface area contributed by atoms with E-state index in [1.807, 2.05) is 0 Å². The molecule has 1 aromatic heterocycles. The van der Waals surface area contributed by atoms with Crippen molar-refractivity contribution in [2.75, 3.05) is 0 Å². The summed E-state index contributed by atoms with van der Waals surface area (Å²) in [6.45, 7) is 0. The first-order chi connectivity index (χ1) is 9.56. The topological polar surface area (TPSA) is 114 Å². The van der Waals surface area contributed by atoms with Crippen LogP contribution < -0.4 is 5.32 Å². The second-order valence-electron chi connectivity index (χ2n) is 4.51. The van der Waals surface area contributed by atoms with Gasteiger partial charge in [-0.05, 0) is 24.6 Å². The van der Waals surface area contributed by atoms with Crippen molar-refractivity contribution in [1.29, 1.82) is 0 Å². The number of carbonyl (C=O) groups is 3. The van der Waals surface area contributed by atoms with Crippen molar-refractivity contribution < 1.29 is 19.5 Å². The molecule has 2 heterocycles. The molecular weight excluding hydrogens is 264 g/mol. The molecule has 1 aliphatic rings. The number of piperidine rings is 1. The molecule has 0 radical (unpaired) electrons. The number of carboxylic acid groups (broad SMARTS) is 1. The summed E-state index contributed by atoms with van der Waals surface area (Å²) in [4.78, 5) is 34.0. The first-order valence-corrected chi connectivity index (χ1v) is 5.98. The summed E-state index contributed by atoms with van der Waals surface area (Å²) in [5, 5.41) is 19.0. The Balaban J connectivity index is 2.07. The number of rotatable bonds is 2. The maximum atomic E-state index is 11.8. The number of hydrogen-bond acceptors (Lipinski definition) is 5. The molecule has 0 spiro atoms. The van der Waals surface area contributed by atoms with E-state index in [-0.39, 0.29) is 17.9 Å². The van der Waals surface area contributed by atoms with E-state index in [1.165, 1.54) is 22.9 Å². The zero-order valence-electron chi connectivity index (χ0n) is 10.2. The molecule has 3 rings (SSSR count). The highest BCUT2D eigenvalue weighted by Gasteiger charge is 2.30. The number of fused-ring (bicyclic) bond motifs is 1. The lowest BCUT2D eigenvalue weighted by Crippen LogP contribution is -2.42. The smallest absolute Gasteiger partial charge is 0.335 e. The van der Waals surface area contributed by atoms with Gasteiger partial charge in [-0.2, -0.15) is 0 Å². The average Bonchev–Trinajstić information content (AvgIpc) is 2.81. The van der Waals surface area contributed by atoms with Gasteiger partial charge in [-0.15, -0.1) is 5.10 Å². The summed E-state index contributed by atoms with van der Waals surface area (Å²) >= 11 is 0. The van der Waals surface area contributed by atoms with E-state index in [0.29, 0.717) is 17.5 Å². The fourth-order valence-corrected chi connectivity index (χ4v) is 2.21. The maximum absolute atomic E-state index is 11.8. The highest BCUT2D eigenvalue weighted by molar-refractivity contribution is 6.00. The predicted molar refractivity (Wildman–Crippen MR) is 65.9 cm³/mol. The number of imide groups is 1. The van der Waals surface area contributed by atoms with Crippen LogP contribution in [-0.4, -0.2) is 37.9 Å². The Kier molecular flexibility index (Phi) is 2.70. The average molecular weight is 274 g/mol. The van der Waals surface area contributed by atoms with Gasteiger partial charge in [-0.25, -0.2) is 9.48 Å². The largest absolute Gasteiger partial charge is 0.478 e. The molecule has 8 heteroatoms. The number of nitrogens with zero attached hydrogens (tertiary/aromatic N) is 3. The number of carbonyl (C=O) groups excluding carboxylic acids is 2. The number of aromatic carboxylic acids is 1. The Morgan fingerprint density at radius 2 is 2.20 bits per heavy atom. The summed E-state index contributed by atoms with van der Waals surface area (Å²) in [6, 6.07) is 3.73. The number of aromatic nitrogens is 3. The molecule has 1 aliphatic heterocycles. The Labute approximate surface area is 112 Å².